The maximum atomic E-state index is 13.1. The zero-order chi connectivity index (χ0) is 26.5. The van der Waals surface area contributed by atoms with Crippen LogP contribution in [-0.4, -0.2) is 37.4 Å². The Hall–Kier alpha value is -4.63. The van der Waals surface area contributed by atoms with E-state index in [0.29, 0.717) is 22.7 Å². The lowest BCUT2D eigenvalue weighted by Crippen LogP contribution is -2.32. The van der Waals surface area contributed by atoms with Crippen molar-refractivity contribution in [3.05, 3.63) is 94.7 Å². The summed E-state index contributed by atoms with van der Waals surface area (Å²) in [5, 5.41) is 5.30. The number of nitrogens with one attached hydrogen (secondary N) is 2. The van der Waals surface area contributed by atoms with Gasteiger partial charge in [0.25, 0.3) is 17.7 Å². The van der Waals surface area contributed by atoms with E-state index in [0.717, 1.165) is 4.90 Å². The number of carbonyl (C=O) groups is 4. The van der Waals surface area contributed by atoms with Gasteiger partial charge in [-0.15, -0.1) is 0 Å². The van der Waals surface area contributed by atoms with Crippen molar-refractivity contribution in [3.63, 3.8) is 0 Å². The van der Waals surface area contributed by atoms with Crippen LogP contribution in [0.5, 0.6) is 5.75 Å². The van der Waals surface area contributed by atoms with Crippen LogP contribution in [0.1, 0.15) is 27.6 Å². The predicted octanol–water partition coefficient (Wildman–Crippen LogP) is 4.56. The SMILES string of the molecule is CCOC(=O)c1cccc(NC(=O)c2cccc(NC3=C(Cl)C(=O)N(c4ccccc4OC)C3=O)c2)c1. The van der Waals surface area contributed by atoms with Crippen LogP contribution >= 0.6 is 11.6 Å². The van der Waals surface area contributed by atoms with E-state index in [1.54, 1.807) is 67.6 Å². The number of amides is 3. The van der Waals surface area contributed by atoms with Gasteiger partial charge in [0.05, 0.1) is 25.0 Å². The number of esters is 1. The molecule has 0 saturated heterocycles. The molecule has 0 radical (unpaired) electrons. The van der Waals surface area contributed by atoms with E-state index >= 15 is 0 Å². The first-order chi connectivity index (χ1) is 17.8. The summed E-state index contributed by atoms with van der Waals surface area (Å²) in [6.07, 6.45) is 0. The van der Waals surface area contributed by atoms with Crippen LogP contribution in [0.4, 0.5) is 17.1 Å². The number of ether oxygens (including phenoxy) is 2. The molecule has 3 aromatic carbocycles. The Morgan fingerprint density at radius 2 is 1.57 bits per heavy atom. The van der Waals surface area contributed by atoms with Crippen LogP contribution in [0.2, 0.25) is 0 Å². The minimum Gasteiger partial charge on any atom is -0.495 e. The van der Waals surface area contributed by atoms with Gasteiger partial charge in [-0.2, -0.15) is 0 Å². The molecule has 188 valence electrons. The number of anilines is 3. The lowest BCUT2D eigenvalue weighted by molar-refractivity contribution is -0.120. The molecule has 3 aromatic rings. The van der Waals surface area contributed by atoms with E-state index in [9.17, 15) is 19.2 Å². The van der Waals surface area contributed by atoms with Gasteiger partial charge in [-0.25, -0.2) is 9.69 Å². The Morgan fingerprint density at radius 3 is 2.30 bits per heavy atom. The third kappa shape index (κ3) is 5.31. The Balaban J connectivity index is 1.52. The number of imide groups is 1. The number of nitrogens with zero attached hydrogens (tertiary/aromatic N) is 1. The Kier molecular flexibility index (Phi) is 7.55. The summed E-state index contributed by atoms with van der Waals surface area (Å²) in [5.74, 6) is -1.97. The van der Waals surface area contributed by atoms with Gasteiger partial charge in [0, 0.05) is 16.9 Å². The zero-order valence-corrected chi connectivity index (χ0v) is 20.7. The van der Waals surface area contributed by atoms with E-state index in [4.69, 9.17) is 21.1 Å². The molecule has 1 aliphatic rings. The van der Waals surface area contributed by atoms with Crippen molar-refractivity contribution >= 4 is 52.4 Å². The minimum absolute atomic E-state index is 0.128. The highest BCUT2D eigenvalue weighted by atomic mass is 35.5. The second-order valence-corrected chi connectivity index (χ2v) is 8.15. The van der Waals surface area contributed by atoms with Crippen LogP contribution < -0.4 is 20.3 Å². The molecule has 0 bridgehead atoms. The van der Waals surface area contributed by atoms with Gasteiger partial charge in [-0.05, 0) is 55.5 Å². The first-order valence-corrected chi connectivity index (χ1v) is 11.6. The van der Waals surface area contributed by atoms with Crippen molar-refractivity contribution in [1.82, 2.24) is 0 Å². The average Bonchev–Trinajstić information content (AvgIpc) is 3.12. The van der Waals surface area contributed by atoms with Crippen LogP contribution in [0.3, 0.4) is 0 Å². The first-order valence-electron chi connectivity index (χ1n) is 11.2. The van der Waals surface area contributed by atoms with Crippen LogP contribution in [0.25, 0.3) is 0 Å². The lowest BCUT2D eigenvalue weighted by atomic mass is 10.1. The minimum atomic E-state index is -0.700. The largest absolute Gasteiger partial charge is 0.495 e. The summed E-state index contributed by atoms with van der Waals surface area (Å²) in [6, 6.07) is 19.3. The highest BCUT2D eigenvalue weighted by molar-refractivity contribution is 6.53. The Bertz CT molecular complexity index is 1430. The van der Waals surface area contributed by atoms with Crippen molar-refractivity contribution in [3.8, 4) is 5.75 Å². The van der Waals surface area contributed by atoms with Gasteiger partial charge in [0.1, 0.15) is 16.5 Å². The number of hydrogen-bond acceptors (Lipinski definition) is 7. The fourth-order valence-corrected chi connectivity index (χ4v) is 3.88. The lowest BCUT2D eigenvalue weighted by Gasteiger charge is -2.18. The van der Waals surface area contributed by atoms with E-state index in [2.05, 4.69) is 10.6 Å². The topological polar surface area (TPSA) is 114 Å². The molecule has 0 saturated carbocycles. The first kappa shape index (κ1) is 25.5. The molecule has 37 heavy (non-hydrogen) atoms. The fraction of sp³-hybridized carbons (Fsp3) is 0.111. The molecule has 0 atom stereocenters. The molecule has 4 rings (SSSR count). The second-order valence-electron chi connectivity index (χ2n) is 7.77. The van der Waals surface area contributed by atoms with Gasteiger partial charge in [-0.1, -0.05) is 35.9 Å². The van der Waals surface area contributed by atoms with Crippen LogP contribution in [0, 0.1) is 0 Å². The van der Waals surface area contributed by atoms with Crippen LogP contribution in [0.15, 0.2) is 83.5 Å². The van der Waals surface area contributed by atoms with E-state index in [-0.39, 0.29) is 28.6 Å². The summed E-state index contributed by atoms with van der Waals surface area (Å²) in [5.41, 5.74) is 1.47. The summed E-state index contributed by atoms with van der Waals surface area (Å²) in [7, 11) is 1.43. The summed E-state index contributed by atoms with van der Waals surface area (Å²) < 4.78 is 10.3. The normalized spacial score (nSPS) is 13.0. The van der Waals surface area contributed by atoms with Gasteiger partial charge in [-0.3, -0.25) is 14.4 Å². The Morgan fingerprint density at radius 1 is 0.892 bits per heavy atom. The summed E-state index contributed by atoms with van der Waals surface area (Å²) >= 11 is 6.23. The number of carbonyl (C=O) groups excluding carboxylic acids is 4. The van der Waals surface area contributed by atoms with Crippen molar-refractivity contribution in [1.29, 1.82) is 0 Å². The number of methoxy groups -OCH3 is 1. The third-order valence-electron chi connectivity index (χ3n) is 5.38. The highest BCUT2D eigenvalue weighted by Gasteiger charge is 2.40. The van der Waals surface area contributed by atoms with E-state index in [1.165, 1.54) is 19.2 Å². The number of halogens is 1. The van der Waals surface area contributed by atoms with Gasteiger partial charge in [0.2, 0.25) is 0 Å². The van der Waals surface area contributed by atoms with Crippen LogP contribution in [-0.2, 0) is 14.3 Å². The standard InChI is InChI=1S/C27H22ClN3O6/c1-3-37-27(35)17-9-7-11-19(15-17)30-24(32)16-8-6-10-18(14-16)29-23-22(28)25(33)31(26(23)34)20-12-4-5-13-21(20)36-2/h4-15,29H,3H2,1-2H3,(H,30,32). The molecule has 3 amide bonds. The number of benzene rings is 3. The maximum Gasteiger partial charge on any atom is 0.338 e. The molecule has 1 aliphatic heterocycles. The van der Waals surface area contributed by atoms with Crippen molar-refractivity contribution in [2.45, 2.75) is 6.92 Å². The molecule has 0 aromatic heterocycles. The van der Waals surface area contributed by atoms with Crippen molar-refractivity contribution < 1.29 is 28.7 Å². The van der Waals surface area contributed by atoms with Crippen molar-refractivity contribution in [2.24, 2.45) is 0 Å². The molecule has 0 aliphatic carbocycles. The summed E-state index contributed by atoms with van der Waals surface area (Å²) in [6.45, 7) is 1.94. The smallest absolute Gasteiger partial charge is 0.338 e. The molecule has 1 heterocycles. The van der Waals surface area contributed by atoms with Gasteiger partial charge in [0.15, 0.2) is 0 Å². The highest BCUT2D eigenvalue weighted by Crippen LogP contribution is 2.35. The molecule has 2 N–H and O–H groups in total. The second kappa shape index (κ2) is 11.0. The van der Waals surface area contributed by atoms with Crippen molar-refractivity contribution in [2.75, 3.05) is 29.3 Å². The molecule has 10 heteroatoms. The molecule has 0 unspecified atom stereocenters. The number of rotatable bonds is 8. The maximum absolute atomic E-state index is 13.1. The number of hydrogen-bond donors (Lipinski definition) is 2. The average molecular weight is 520 g/mol. The van der Waals surface area contributed by atoms with E-state index < -0.39 is 23.7 Å². The fourth-order valence-electron chi connectivity index (χ4n) is 3.67. The zero-order valence-electron chi connectivity index (χ0n) is 19.9. The monoisotopic (exact) mass is 519 g/mol. The molecular formula is C27H22ClN3O6. The molecule has 0 spiro atoms. The predicted molar refractivity (Wildman–Crippen MR) is 139 cm³/mol. The van der Waals surface area contributed by atoms with Gasteiger partial charge < -0.3 is 20.1 Å². The quantitative estimate of drug-likeness (QED) is 0.331. The molecular weight excluding hydrogens is 498 g/mol. The molecule has 0 fully saturated rings. The third-order valence-corrected chi connectivity index (χ3v) is 5.73. The Labute approximate surface area is 217 Å². The summed E-state index contributed by atoms with van der Waals surface area (Å²) in [4.78, 5) is 51.7. The van der Waals surface area contributed by atoms with E-state index in [1.807, 2.05) is 0 Å². The van der Waals surface area contributed by atoms with Gasteiger partial charge >= 0.3 is 5.97 Å². The number of para-hydroxylation sites is 2. The molecule has 9 nitrogen and oxygen atoms in total.